The third kappa shape index (κ3) is 3.01. The van der Waals surface area contributed by atoms with Crippen molar-refractivity contribution >= 4 is 11.9 Å². The lowest BCUT2D eigenvalue weighted by Crippen LogP contribution is -2.05. The quantitative estimate of drug-likeness (QED) is 0.378. The number of carbonyl (C=O) groups is 2. The molecule has 0 saturated carbocycles. The van der Waals surface area contributed by atoms with Gasteiger partial charge in [-0.15, -0.1) is 0 Å². The molecule has 72 valence electrons. The zero-order valence-electron chi connectivity index (χ0n) is 7.79. The minimum absolute atomic E-state index is 0.236. The van der Waals surface area contributed by atoms with Gasteiger partial charge in [-0.1, -0.05) is 25.5 Å². The molecule has 1 heterocycles. The Bertz CT molecular complexity index is 230. The van der Waals surface area contributed by atoms with Crippen molar-refractivity contribution in [2.24, 2.45) is 5.92 Å². The van der Waals surface area contributed by atoms with E-state index in [2.05, 4.69) is 11.7 Å². The number of rotatable bonds is 4. The van der Waals surface area contributed by atoms with Gasteiger partial charge in [0.15, 0.2) is 0 Å². The zero-order chi connectivity index (χ0) is 9.68. The van der Waals surface area contributed by atoms with Crippen LogP contribution in [0.25, 0.3) is 0 Å². The van der Waals surface area contributed by atoms with Gasteiger partial charge in [0.2, 0.25) is 0 Å². The van der Waals surface area contributed by atoms with Crippen LogP contribution in [-0.2, 0) is 14.3 Å². The number of carbonyl (C=O) groups excluding carboxylic acids is 2. The Morgan fingerprint density at radius 1 is 1.46 bits per heavy atom. The van der Waals surface area contributed by atoms with Gasteiger partial charge < -0.3 is 4.74 Å². The molecule has 13 heavy (non-hydrogen) atoms. The maximum Gasteiger partial charge on any atom is 0.317 e. The summed E-state index contributed by atoms with van der Waals surface area (Å²) in [7, 11) is 0. The van der Waals surface area contributed by atoms with E-state index in [-0.39, 0.29) is 24.3 Å². The highest BCUT2D eigenvalue weighted by molar-refractivity contribution is 5.94. The van der Waals surface area contributed by atoms with Gasteiger partial charge in [-0.25, -0.2) is 0 Å². The molecule has 3 heteroatoms. The summed E-state index contributed by atoms with van der Waals surface area (Å²) in [6.45, 7) is 2.09. The minimum atomic E-state index is -0.390. The lowest BCUT2D eigenvalue weighted by molar-refractivity contribution is -0.153. The van der Waals surface area contributed by atoms with Crippen molar-refractivity contribution in [3.8, 4) is 0 Å². The van der Waals surface area contributed by atoms with Crippen LogP contribution >= 0.6 is 0 Å². The van der Waals surface area contributed by atoms with Gasteiger partial charge in [0.05, 0.1) is 12.3 Å². The Balaban J connectivity index is 2.29. The normalized spacial score (nSPS) is 22.7. The third-order valence-electron chi connectivity index (χ3n) is 2.00. The van der Waals surface area contributed by atoms with Crippen molar-refractivity contribution in [2.45, 2.75) is 32.6 Å². The summed E-state index contributed by atoms with van der Waals surface area (Å²) in [5, 5.41) is 0. The first-order valence-corrected chi connectivity index (χ1v) is 4.63. The molecule has 0 spiro atoms. The maximum absolute atomic E-state index is 11.0. The Kier molecular flexibility index (Phi) is 3.68. The standard InChI is InChI=1S/C10H14O3/c1-2-3-4-5-6-8-7-9(11)13-10(8)12/h4-5,8H,2-3,6-7H2,1H3. The van der Waals surface area contributed by atoms with Crippen molar-refractivity contribution in [3.05, 3.63) is 12.2 Å². The second-order valence-electron chi connectivity index (χ2n) is 3.19. The van der Waals surface area contributed by atoms with E-state index >= 15 is 0 Å². The van der Waals surface area contributed by atoms with E-state index < -0.39 is 0 Å². The fourth-order valence-corrected chi connectivity index (χ4v) is 1.25. The van der Waals surface area contributed by atoms with Crippen LogP contribution in [0.2, 0.25) is 0 Å². The van der Waals surface area contributed by atoms with E-state index in [1.54, 1.807) is 0 Å². The number of allylic oxidation sites excluding steroid dienone is 2. The SMILES string of the molecule is CCCC=CCC1CC(=O)OC1=O. The molecule has 0 bridgehead atoms. The predicted molar refractivity (Wildman–Crippen MR) is 47.9 cm³/mol. The molecule has 0 aromatic carbocycles. The topological polar surface area (TPSA) is 43.4 Å². The zero-order valence-corrected chi connectivity index (χ0v) is 7.79. The molecule has 1 atom stereocenters. The molecule has 1 aliphatic rings. The average molecular weight is 182 g/mol. The number of esters is 2. The van der Waals surface area contributed by atoms with E-state index in [1.807, 2.05) is 12.2 Å². The monoisotopic (exact) mass is 182 g/mol. The number of ether oxygens (including phenoxy) is 1. The first-order chi connectivity index (χ1) is 6.24. The number of hydrogen-bond acceptors (Lipinski definition) is 3. The van der Waals surface area contributed by atoms with Crippen LogP contribution in [0, 0.1) is 5.92 Å². The van der Waals surface area contributed by atoms with Gasteiger partial charge in [-0.3, -0.25) is 9.59 Å². The van der Waals surface area contributed by atoms with Gasteiger partial charge in [0, 0.05) is 0 Å². The molecule has 0 aromatic heterocycles. The molecule has 1 unspecified atom stereocenters. The first kappa shape index (κ1) is 9.96. The molecule has 1 saturated heterocycles. The van der Waals surface area contributed by atoms with Crippen LogP contribution in [0.5, 0.6) is 0 Å². The molecule has 1 aliphatic heterocycles. The molecular weight excluding hydrogens is 168 g/mol. The van der Waals surface area contributed by atoms with Gasteiger partial charge in [0.1, 0.15) is 0 Å². The summed E-state index contributed by atoms with van der Waals surface area (Å²) in [6.07, 6.45) is 6.99. The number of unbranched alkanes of at least 4 members (excludes halogenated alkanes) is 1. The van der Waals surface area contributed by atoms with Crippen molar-refractivity contribution in [1.82, 2.24) is 0 Å². The molecule has 1 rings (SSSR count). The largest absolute Gasteiger partial charge is 0.393 e. The van der Waals surface area contributed by atoms with E-state index in [1.165, 1.54) is 0 Å². The molecule has 0 aromatic rings. The third-order valence-corrected chi connectivity index (χ3v) is 2.00. The van der Waals surface area contributed by atoms with E-state index in [0.717, 1.165) is 12.8 Å². The van der Waals surface area contributed by atoms with Crippen molar-refractivity contribution < 1.29 is 14.3 Å². The average Bonchev–Trinajstić information content (AvgIpc) is 2.39. The van der Waals surface area contributed by atoms with Gasteiger partial charge in [-0.2, -0.15) is 0 Å². The summed E-state index contributed by atoms with van der Waals surface area (Å²) in [4.78, 5) is 21.7. The maximum atomic E-state index is 11.0. The highest BCUT2D eigenvalue weighted by atomic mass is 16.6. The first-order valence-electron chi connectivity index (χ1n) is 4.63. The summed E-state index contributed by atoms with van der Waals surface area (Å²) in [5.41, 5.74) is 0. The summed E-state index contributed by atoms with van der Waals surface area (Å²) in [6, 6.07) is 0. The van der Waals surface area contributed by atoms with E-state index in [9.17, 15) is 9.59 Å². The van der Waals surface area contributed by atoms with E-state index in [4.69, 9.17) is 0 Å². The predicted octanol–water partition coefficient (Wildman–Crippen LogP) is 1.82. The number of cyclic esters (lactones) is 2. The van der Waals surface area contributed by atoms with Crippen molar-refractivity contribution in [3.63, 3.8) is 0 Å². The van der Waals surface area contributed by atoms with Gasteiger partial charge in [0.25, 0.3) is 0 Å². The summed E-state index contributed by atoms with van der Waals surface area (Å²) in [5.74, 6) is -0.995. The molecule has 0 aliphatic carbocycles. The van der Waals surface area contributed by atoms with Gasteiger partial charge in [-0.05, 0) is 12.8 Å². The smallest absolute Gasteiger partial charge is 0.317 e. The Morgan fingerprint density at radius 3 is 2.77 bits per heavy atom. The fourth-order valence-electron chi connectivity index (χ4n) is 1.25. The van der Waals surface area contributed by atoms with Gasteiger partial charge >= 0.3 is 11.9 Å². The lowest BCUT2D eigenvalue weighted by atomic mass is 10.0. The highest BCUT2D eigenvalue weighted by Crippen LogP contribution is 2.19. The molecule has 3 nitrogen and oxygen atoms in total. The van der Waals surface area contributed by atoms with E-state index in [0.29, 0.717) is 6.42 Å². The van der Waals surface area contributed by atoms with Crippen molar-refractivity contribution in [2.75, 3.05) is 0 Å². The lowest BCUT2D eigenvalue weighted by Gasteiger charge is -1.97. The number of hydrogen-bond donors (Lipinski definition) is 0. The second-order valence-corrected chi connectivity index (χ2v) is 3.19. The van der Waals surface area contributed by atoms with Crippen LogP contribution in [0.3, 0.4) is 0 Å². The molecule has 0 radical (unpaired) electrons. The molecular formula is C10H14O3. The Morgan fingerprint density at radius 2 is 2.23 bits per heavy atom. The Hall–Kier alpha value is -1.12. The van der Waals surface area contributed by atoms with Crippen LogP contribution in [0.4, 0.5) is 0 Å². The highest BCUT2D eigenvalue weighted by Gasteiger charge is 2.31. The summed E-state index contributed by atoms with van der Waals surface area (Å²) < 4.78 is 4.42. The van der Waals surface area contributed by atoms with Crippen LogP contribution in [-0.4, -0.2) is 11.9 Å². The molecule has 1 fully saturated rings. The summed E-state index contributed by atoms with van der Waals surface area (Å²) >= 11 is 0. The van der Waals surface area contributed by atoms with Crippen LogP contribution < -0.4 is 0 Å². The Labute approximate surface area is 77.8 Å². The van der Waals surface area contributed by atoms with Crippen LogP contribution in [0.1, 0.15) is 32.6 Å². The second kappa shape index (κ2) is 4.80. The minimum Gasteiger partial charge on any atom is -0.393 e. The van der Waals surface area contributed by atoms with Crippen molar-refractivity contribution in [1.29, 1.82) is 0 Å². The molecule has 0 N–H and O–H groups in total. The fraction of sp³-hybridized carbons (Fsp3) is 0.600. The molecule has 0 amide bonds. The van der Waals surface area contributed by atoms with Crippen LogP contribution in [0.15, 0.2) is 12.2 Å².